The van der Waals surface area contributed by atoms with Crippen molar-refractivity contribution < 1.29 is 31.9 Å². The number of halogens is 1. The zero-order chi connectivity index (χ0) is 21.8. The van der Waals surface area contributed by atoms with E-state index in [0.29, 0.717) is 5.76 Å². The number of nitrogens with one attached hydrogen (secondary N) is 1. The molecule has 0 radical (unpaired) electrons. The van der Waals surface area contributed by atoms with E-state index in [4.69, 9.17) is 30.6 Å². The van der Waals surface area contributed by atoms with E-state index in [-0.39, 0.29) is 22.8 Å². The second-order valence-electron chi connectivity index (χ2n) is 6.37. The topological polar surface area (TPSA) is 138 Å². The van der Waals surface area contributed by atoms with Crippen LogP contribution in [0, 0.1) is 5.92 Å². The monoisotopic (exact) mass is 444 g/mol. The Bertz CT molecular complexity index is 988. The van der Waals surface area contributed by atoms with Crippen molar-refractivity contribution in [3.63, 3.8) is 0 Å². The number of hydrogen-bond donors (Lipinski definition) is 2. The second kappa shape index (κ2) is 9.29. The van der Waals surface area contributed by atoms with Gasteiger partial charge in [0.1, 0.15) is 10.7 Å². The molecule has 0 aliphatic rings. The summed E-state index contributed by atoms with van der Waals surface area (Å²) in [4.78, 5) is 23.8. The van der Waals surface area contributed by atoms with Crippen LogP contribution in [0.25, 0.3) is 0 Å². The summed E-state index contributed by atoms with van der Waals surface area (Å²) >= 11 is 6.02. The summed E-state index contributed by atoms with van der Waals surface area (Å²) in [6, 6.07) is 5.64. The number of benzene rings is 1. The van der Waals surface area contributed by atoms with Gasteiger partial charge in [0, 0.05) is 6.92 Å². The molecule has 1 heterocycles. The van der Waals surface area contributed by atoms with E-state index < -0.39 is 39.1 Å². The number of esters is 2. The van der Waals surface area contributed by atoms with Crippen molar-refractivity contribution in [1.82, 2.24) is 0 Å². The zero-order valence-electron chi connectivity index (χ0n) is 16.0. The number of ether oxygens (including phenoxy) is 2. The molecule has 2 aromatic rings. The third kappa shape index (κ3) is 6.21. The minimum atomic E-state index is -4.19. The second-order valence-corrected chi connectivity index (χ2v) is 8.31. The van der Waals surface area contributed by atoms with Crippen LogP contribution in [0.5, 0.6) is 0 Å². The number of nitrogens with two attached hydrogens (primary N) is 1. The van der Waals surface area contributed by atoms with Crippen LogP contribution in [0.15, 0.2) is 39.8 Å². The zero-order valence-corrected chi connectivity index (χ0v) is 17.5. The summed E-state index contributed by atoms with van der Waals surface area (Å²) in [6.45, 7) is 4.82. The number of furan rings is 1. The van der Waals surface area contributed by atoms with Crippen LogP contribution in [0.1, 0.15) is 36.9 Å². The fourth-order valence-corrected chi connectivity index (χ4v) is 3.32. The molecule has 3 N–H and O–H groups in total. The van der Waals surface area contributed by atoms with Gasteiger partial charge in [-0.1, -0.05) is 25.4 Å². The van der Waals surface area contributed by atoms with Crippen LogP contribution in [0.3, 0.4) is 0 Å². The van der Waals surface area contributed by atoms with Gasteiger partial charge >= 0.3 is 11.9 Å². The number of primary sulfonamides is 1. The number of carbonyl (C=O) groups is 2. The fourth-order valence-electron chi connectivity index (χ4n) is 2.22. The molecule has 1 aromatic heterocycles. The number of sulfonamides is 1. The lowest BCUT2D eigenvalue weighted by Crippen LogP contribution is -2.25. The van der Waals surface area contributed by atoms with E-state index in [0.717, 1.165) is 6.07 Å². The number of rotatable bonds is 8. The average Bonchev–Trinajstić information content (AvgIpc) is 3.11. The molecule has 11 heteroatoms. The first kappa shape index (κ1) is 22.7. The molecule has 0 spiro atoms. The summed E-state index contributed by atoms with van der Waals surface area (Å²) in [5, 5.41) is 7.91. The van der Waals surface area contributed by atoms with E-state index in [1.807, 2.05) is 0 Å². The van der Waals surface area contributed by atoms with Gasteiger partial charge in [-0.2, -0.15) is 0 Å². The molecular weight excluding hydrogens is 424 g/mol. The molecule has 0 saturated heterocycles. The highest BCUT2D eigenvalue weighted by atomic mass is 35.5. The maximum atomic E-state index is 12.6. The molecule has 1 atom stereocenters. The predicted molar refractivity (Wildman–Crippen MR) is 105 cm³/mol. The predicted octanol–water partition coefficient (Wildman–Crippen LogP) is 2.89. The van der Waals surface area contributed by atoms with Crippen molar-refractivity contribution in [2.24, 2.45) is 11.1 Å². The van der Waals surface area contributed by atoms with Gasteiger partial charge in [0.15, 0.2) is 0 Å². The Kier molecular flexibility index (Phi) is 7.28. The van der Waals surface area contributed by atoms with Crippen molar-refractivity contribution >= 4 is 39.3 Å². The summed E-state index contributed by atoms with van der Waals surface area (Å²) in [5.41, 5.74) is 0.0311. The van der Waals surface area contributed by atoms with Crippen molar-refractivity contribution in [2.45, 2.75) is 38.5 Å². The largest absolute Gasteiger partial charge is 0.467 e. The van der Waals surface area contributed by atoms with Crippen LogP contribution < -0.4 is 10.5 Å². The van der Waals surface area contributed by atoms with Crippen molar-refractivity contribution in [2.75, 3.05) is 5.32 Å². The van der Waals surface area contributed by atoms with Gasteiger partial charge in [-0.15, -0.1) is 0 Å². The van der Waals surface area contributed by atoms with Gasteiger partial charge < -0.3 is 19.2 Å². The highest BCUT2D eigenvalue weighted by Crippen LogP contribution is 2.29. The number of carbonyl (C=O) groups excluding carboxylic acids is 2. The summed E-state index contributed by atoms with van der Waals surface area (Å²) in [5.74, 6) is -1.33. The smallest absolute Gasteiger partial charge is 0.343 e. The highest BCUT2D eigenvalue weighted by molar-refractivity contribution is 7.89. The number of hydrogen-bond acceptors (Lipinski definition) is 8. The molecular formula is C18H21ClN2O7S. The Morgan fingerprint density at radius 2 is 1.93 bits per heavy atom. The minimum absolute atomic E-state index is 0.155. The Labute approximate surface area is 173 Å². The molecule has 1 aromatic carbocycles. The summed E-state index contributed by atoms with van der Waals surface area (Å²) in [7, 11) is -4.19. The summed E-state index contributed by atoms with van der Waals surface area (Å²) in [6.07, 6.45) is 0.289. The fraction of sp³-hybridized carbons (Fsp3) is 0.333. The molecule has 0 bridgehead atoms. The van der Waals surface area contributed by atoms with Crippen molar-refractivity contribution in [1.29, 1.82) is 0 Å². The minimum Gasteiger partial charge on any atom is -0.467 e. The lowest BCUT2D eigenvalue weighted by atomic mass is 10.1. The Hall–Kier alpha value is -2.56. The maximum Gasteiger partial charge on any atom is 0.343 e. The summed E-state index contributed by atoms with van der Waals surface area (Å²) < 4.78 is 38.9. The molecule has 2 rings (SSSR count). The molecule has 9 nitrogen and oxygen atoms in total. The van der Waals surface area contributed by atoms with Crippen molar-refractivity contribution in [3.05, 3.63) is 46.9 Å². The first-order chi connectivity index (χ1) is 13.5. The van der Waals surface area contributed by atoms with Crippen LogP contribution in [-0.2, 0) is 30.8 Å². The third-order valence-corrected chi connectivity index (χ3v) is 5.03. The lowest BCUT2D eigenvalue weighted by molar-refractivity contribution is -0.169. The van der Waals surface area contributed by atoms with Gasteiger partial charge in [-0.3, -0.25) is 4.79 Å². The van der Waals surface area contributed by atoms with E-state index in [1.54, 1.807) is 26.0 Å². The van der Waals surface area contributed by atoms with Gasteiger partial charge in [0.05, 0.1) is 35.0 Å². The van der Waals surface area contributed by atoms with Crippen LogP contribution in [0.2, 0.25) is 5.02 Å². The first-order valence-corrected chi connectivity index (χ1v) is 10.5. The SMILES string of the molecule is CC(OC(=O)c1cc(S(N)(=O)=O)c(Cl)cc1NCc1ccco1)OC(=O)C(C)C. The Morgan fingerprint density at radius 1 is 1.24 bits per heavy atom. The molecule has 29 heavy (non-hydrogen) atoms. The molecule has 0 aliphatic carbocycles. The van der Waals surface area contributed by atoms with E-state index in [9.17, 15) is 18.0 Å². The standard InChI is InChI=1S/C18H21ClN2O7S/c1-10(2)17(22)27-11(3)28-18(23)13-7-16(29(20,24)25)14(19)8-15(13)21-9-12-5-4-6-26-12/h4-8,10-11,21H,9H2,1-3H3,(H2,20,24,25). The molecule has 0 fully saturated rings. The normalized spacial score (nSPS) is 12.5. The van der Waals surface area contributed by atoms with Crippen LogP contribution in [0.4, 0.5) is 5.69 Å². The van der Waals surface area contributed by atoms with E-state index in [2.05, 4.69) is 5.32 Å². The molecule has 0 amide bonds. The van der Waals surface area contributed by atoms with Gasteiger partial charge in [0.25, 0.3) is 0 Å². The lowest BCUT2D eigenvalue weighted by Gasteiger charge is -2.18. The maximum absolute atomic E-state index is 12.6. The Morgan fingerprint density at radius 3 is 2.48 bits per heavy atom. The first-order valence-electron chi connectivity index (χ1n) is 8.53. The molecule has 1 unspecified atom stereocenters. The van der Waals surface area contributed by atoms with Gasteiger partial charge in [0.2, 0.25) is 16.3 Å². The number of anilines is 1. The molecule has 0 aliphatic heterocycles. The van der Waals surface area contributed by atoms with Crippen LogP contribution >= 0.6 is 11.6 Å². The van der Waals surface area contributed by atoms with Gasteiger partial charge in [-0.05, 0) is 24.3 Å². The van der Waals surface area contributed by atoms with Gasteiger partial charge in [-0.25, -0.2) is 18.4 Å². The third-order valence-electron chi connectivity index (χ3n) is 3.66. The van der Waals surface area contributed by atoms with Crippen molar-refractivity contribution in [3.8, 4) is 0 Å². The molecule has 0 saturated carbocycles. The van der Waals surface area contributed by atoms with E-state index >= 15 is 0 Å². The van der Waals surface area contributed by atoms with Crippen LogP contribution in [-0.4, -0.2) is 26.6 Å². The average molecular weight is 445 g/mol. The molecule has 158 valence electrons. The Balaban J connectivity index is 2.32. The van der Waals surface area contributed by atoms with E-state index in [1.165, 1.54) is 19.3 Å². The quantitative estimate of drug-likeness (QED) is 0.468. The highest BCUT2D eigenvalue weighted by Gasteiger charge is 2.24.